The van der Waals surface area contributed by atoms with Crippen LogP contribution < -0.4 is 8.85 Å². The van der Waals surface area contributed by atoms with Gasteiger partial charge in [-0.2, -0.15) is 0 Å². The van der Waals surface area contributed by atoms with Gasteiger partial charge in [-0.3, -0.25) is 0 Å². The van der Waals surface area contributed by atoms with Crippen LogP contribution in [0.4, 0.5) is 0 Å². The first-order chi connectivity index (χ1) is 13.4. The Morgan fingerprint density at radius 3 is 1.31 bits per heavy atom. The Morgan fingerprint density at radius 2 is 0.966 bits per heavy atom. The molecule has 0 heterocycles. The summed E-state index contributed by atoms with van der Waals surface area (Å²) in [6.45, 7) is 16.7. The van der Waals surface area contributed by atoms with E-state index >= 15 is 0 Å². The van der Waals surface area contributed by atoms with Gasteiger partial charge in [0.25, 0.3) is 0 Å². The van der Waals surface area contributed by atoms with E-state index in [0.717, 1.165) is 24.3 Å². The summed E-state index contributed by atoms with van der Waals surface area (Å²) < 4.78 is 25.6. The highest BCUT2D eigenvalue weighted by Gasteiger charge is 2.43. The smallest absolute Gasteiger partial charge is 0.383 e. The third-order valence-electron chi connectivity index (χ3n) is 4.32. The molecule has 4 nitrogen and oxygen atoms in total. The fourth-order valence-electron chi connectivity index (χ4n) is 3.47. The number of rotatable bonds is 10. The molecule has 29 heavy (non-hydrogen) atoms. The molecule has 0 saturated heterocycles. The third kappa shape index (κ3) is 8.10. The fourth-order valence-corrected chi connectivity index (χ4v) is 15.2. The molecule has 2 aromatic carbocycles. The van der Waals surface area contributed by atoms with Crippen molar-refractivity contribution in [1.82, 2.24) is 0 Å². The summed E-state index contributed by atoms with van der Waals surface area (Å²) in [5.41, 5.74) is 2.52. The lowest BCUT2D eigenvalue weighted by Gasteiger charge is -2.37. The van der Waals surface area contributed by atoms with Gasteiger partial charge in [0.05, 0.1) is 0 Å². The van der Waals surface area contributed by atoms with Crippen molar-refractivity contribution in [2.45, 2.75) is 66.0 Å². The Kier molecular flexibility index (Phi) is 7.92. The lowest BCUT2D eigenvalue weighted by molar-refractivity contribution is 0.301. The molecular weight excluding hydrogens is 412 g/mol. The second-order valence-corrected chi connectivity index (χ2v) is 19.0. The molecule has 0 bridgehead atoms. The largest absolute Gasteiger partial charge is 0.521 e. The lowest BCUT2D eigenvalue weighted by Crippen LogP contribution is -2.56. The van der Waals surface area contributed by atoms with E-state index in [1.54, 1.807) is 0 Å². The van der Waals surface area contributed by atoms with Gasteiger partial charge in [-0.05, 0) is 87.5 Å². The molecule has 0 fully saturated rings. The summed E-state index contributed by atoms with van der Waals surface area (Å²) in [6, 6.07) is 16.5. The standard InChI is InChI=1S/C22H36O4Si3/c1-9-19-13-11-15-21(17-19)23-27(3,4)25-29(7,8)26-28(5,6)24-22-16-12-14-20(10-2)18-22/h11-18H,9-10H2,1-8H3. The fraction of sp³-hybridized carbons (Fsp3) is 0.455. The number of benzene rings is 2. The monoisotopic (exact) mass is 448 g/mol. The average molecular weight is 449 g/mol. The summed E-state index contributed by atoms with van der Waals surface area (Å²) in [5.74, 6) is 1.74. The average Bonchev–Trinajstić information content (AvgIpc) is 2.58. The maximum absolute atomic E-state index is 6.51. The van der Waals surface area contributed by atoms with Crippen molar-refractivity contribution >= 4 is 25.7 Å². The Bertz CT molecular complexity index is 741. The first kappa shape index (κ1) is 23.9. The van der Waals surface area contributed by atoms with E-state index in [1.165, 1.54) is 11.1 Å². The Balaban J connectivity index is 2.03. The topological polar surface area (TPSA) is 36.9 Å². The van der Waals surface area contributed by atoms with E-state index in [-0.39, 0.29) is 0 Å². The molecule has 0 amide bonds. The number of hydrogen-bond donors (Lipinski definition) is 0. The summed E-state index contributed by atoms with van der Waals surface area (Å²) >= 11 is 0. The molecule has 0 N–H and O–H groups in total. The Labute approximate surface area is 179 Å². The SMILES string of the molecule is CCc1cccc(O[Si](C)(C)O[Si](C)(C)O[Si](C)(C)Oc2cccc(CC)c2)c1. The van der Waals surface area contributed by atoms with Crippen LogP contribution in [-0.2, 0) is 21.1 Å². The lowest BCUT2D eigenvalue weighted by atomic mass is 10.2. The molecule has 0 aliphatic carbocycles. The predicted molar refractivity (Wildman–Crippen MR) is 128 cm³/mol. The van der Waals surface area contributed by atoms with Gasteiger partial charge in [0.2, 0.25) is 0 Å². The molecule has 2 aromatic rings. The van der Waals surface area contributed by atoms with Gasteiger partial charge in [-0.15, -0.1) is 0 Å². The Morgan fingerprint density at radius 1 is 0.586 bits per heavy atom. The van der Waals surface area contributed by atoms with Gasteiger partial charge in [0.1, 0.15) is 11.5 Å². The van der Waals surface area contributed by atoms with Crippen LogP contribution in [0.25, 0.3) is 0 Å². The molecule has 2 rings (SSSR count). The zero-order valence-electron chi connectivity index (χ0n) is 19.2. The zero-order valence-corrected chi connectivity index (χ0v) is 22.2. The van der Waals surface area contributed by atoms with Crippen LogP contribution in [0.15, 0.2) is 48.5 Å². The van der Waals surface area contributed by atoms with Gasteiger partial charge in [-0.1, -0.05) is 38.1 Å². The summed E-state index contributed by atoms with van der Waals surface area (Å²) in [6.07, 6.45) is 1.97. The minimum absolute atomic E-state index is 0.870. The third-order valence-corrected chi connectivity index (χ3v) is 13.6. The molecule has 0 unspecified atom stereocenters. The molecule has 0 aromatic heterocycles. The Hall–Kier alpha value is -1.39. The van der Waals surface area contributed by atoms with E-state index in [1.807, 2.05) is 24.3 Å². The van der Waals surface area contributed by atoms with Gasteiger partial charge in [0.15, 0.2) is 0 Å². The summed E-state index contributed by atoms with van der Waals surface area (Å²) in [4.78, 5) is 0. The molecule has 0 spiro atoms. The van der Waals surface area contributed by atoms with Crippen molar-refractivity contribution in [3.05, 3.63) is 59.7 Å². The first-order valence-corrected chi connectivity index (χ1v) is 18.8. The second-order valence-electron chi connectivity index (χ2n) is 8.61. The van der Waals surface area contributed by atoms with Gasteiger partial charge < -0.3 is 17.1 Å². The summed E-state index contributed by atoms with van der Waals surface area (Å²) in [7, 11) is -7.29. The molecule has 0 aliphatic rings. The normalized spacial score (nSPS) is 12.7. The van der Waals surface area contributed by atoms with Crippen molar-refractivity contribution in [3.63, 3.8) is 0 Å². The summed E-state index contributed by atoms with van der Waals surface area (Å²) in [5, 5.41) is 0. The number of aryl methyl sites for hydroxylation is 2. The van der Waals surface area contributed by atoms with Crippen LogP contribution in [0.2, 0.25) is 39.3 Å². The van der Waals surface area contributed by atoms with Crippen molar-refractivity contribution in [2.75, 3.05) is 0 Å². The zero-order chi connectivity index (χ0) is 21.7. The molecule has 7 heteroatoms. The minimum Gasteiger partial charge on any atom is -0.521 e. The van der Waals surface area contributed by atoms with Crippen molar-refractivity contribution in [2.24, 2.45) is 0 Å². The van der Waals surface area contributed by atoms with Gasteiger partial charge in [0, 0.05) is 0 Å². The van der Waals surface area contributed by atoms with E-state index < -0.39 is 25.7 Å². The maximum Gasteiger partial charge on any atom is 0.383 e. The molecule has 0 saturated carbocycles. The van der Waals surface area contributed by atoms with E-state index in [2.05, 4.69) is 77.4 Å². The van der Waals surface area contributed by atoms with E-state index in [4.69, 9.17) is 17.1 Å². The van der Waals surface area contributed by atoms with Crippen LogP contribution in [0.3, 0.4) is 0 Å². The van der Waals surface area contributed by atoms with Crippen molar-refractivity contribution < 1.29 is 17.1 Å². The molecule has 160 valence electrons. The van der Waals surface area contributed by atoms with Crippen molar-refractivity contribution in [1.29, 1.82) is 0 Å². The highest BCUT2D eigenvalue weighted by molar-refractivity contribution is 6.84. The van der Waals surface area contributed by atoms with E-state index in [9.17, 15) is 0 Å². The van der Waals surface area contributed by atoms with Gasteiger partial charge in [-0.25, -0.2) is 0 Å². The molecule has 0 aliphatic heterocycles. The second kappa shape index (κ2) is 9.61. The number of hydrogen-bond acceptors (Lipinski definition) is 4. The molecular formula is C22H36O4Si3. The van der Waals surface area contributed by atoms with Crippen LogP contribution in [0.5, 0.6) is 11.5 Å². The van der Waals surface area contributed by atoms with Crippen LogP contribution in [0, 0.1) is 0 Å². The highest BCUT2D eigenvalue weighted by Crippen LogP contribution is 2.26. The molecule has 0 atom stereocenters. The van der Waals surface area contributed by atoms with Gasteiger partial charge >= 0.3 is 25.7 Å². The maximum atomic E-state index is 6.51. The molecule has 0 radical (unpaired) electrons. The highest BCUT2D eigenvalue weighted by atomic mass is 28.5. The minimum atomic E-state index is -2.45. The van der Waals surface area contributed by atoms with Crippen LogP contribution >= 0.6 is 0 Å². The van der Waals surface area contributed by atoms with Crippen LogP contribution in [-0.4, -0.2) is 25.7 Å². The quantitative estimate of drug-likeness (QED) is 0.394. The van der Waals surface area contributed by atoms with E-state index in [0.29, 0.717) is 0 Å². The first-order valence-electron chi connectivity index (χ1n) is 10.4. The predicted octanol–water partition coefficient (Wildman–Crippen LogP) is 6.41. The van der Waals surface area contributed by atoms with Crippen LogP contribution in [0.1, 0.15) is 25.0 Å². The van der Waals surface area contributed by atoms with Crippen molar-refractivity contribution in [3.8, 4) is 11.5 Å².